The van der Waals surface area contributed by atoms with Crippen LogP contribution in [0.1, 0.15) is 19.3 Å². The molecule has 1 amide bonds. The minimum atomic E-state index is -0.124. The molecule has 102 valence electrons. The molecule has 1 aromatic heterocycles. The number of carbonyl (C=O) groups is 1. The van der Waals surface area contributed by atoms with Crippen molar-refractivity contribution in [3.63, 3.8) is 0 Å². The van der Waals surface area contributed by atoms with Crippen molar-refractivity contribution >= 4 is 27.5 Å². The summed E-state index contributed by atoms with van der Waals surface area (Å²) in [5, 5.41) is 2.87. The fraction of sp³-hybridized carbons (Fsp3) is 0.538. The predicted octanol–water partition coefficient (Wildman–Crippen LogP) is 1.65. The number of rotatable bonds is 2. The van der Waals surface area contributed by atoms with Gasteiger partial charge in [0.1, 0.15) is 0 Å². The maximum Gasteiger partial charge on any atom is 0.264 e. The van der Waals surface area contributed by atoms with Crippen molar-refractivity contribution in [2.75, 3.05) is 5.32 Å². The summed E-state index contributed by atoms with van der Waals surface area (Å²) in [4.78, 5) is 23.8. The Morgan fingerprint density at radius 3 is 2.89 bits per heavy atom. The highest BCUT2D eigenvalue weighted by Gasteiger charge is 2.44. The number of hydrogen-bond acceptors (Lipinski definition) is 3. The molecule has 2 fully saturated rings. The number of hydrogen-bond donors (Lipinski definition) is 1. The quantitative estimate of drug-likeness (QED) is 0.899. The third-order valence-electron chi connectivity index (χ3n) is 3.85. The number of amides is 1. The number of carbonyl (C=O) groups excluding carboxylic acids is 1. The Labute approximate surface area is 119 Å². The van der Waals surface area contributed by atoms with Crippen LogP contribution >= 0.6 is 15.9 Å². The number of aryl methyl sites for hydroxylation is 1. The van der Waals surface area contributed by atoms with Crippen molar-refractivity contribution in [2.24, 2.45) is 13.0 Å². The van der Waals surface area contributed by atoms with E-state index in [-0.39, 0.29) is 29.6 Å². The molecule has 2 aliphatic rings. The fourth-order valence-electron chi connectivity index (χ4n) is 2.89. The molecule has 0 radical (unpaired) electrons. The van der Waals surface area contributed by atoms with Crippen LogP contribution in [0.2, 0.25) is 0 Å². The average Bonchev–Trinajstić information content (AvgIpc) is 2.98. The molecule has 3 rings (SSSR count). The first kappa shape index (κ1) is 12.9. The number of aromatic nitrogens is 1. The Kier molecular flexibility index (Phi) is 3.22. The summed E-state index contributed by atoms with van der Waals surface area (Å²) in [5.74, 6) is -0.0764. The van der Waals surface area contributed by atoms with Crippen molar-refractivity contribution in [3.05, 3.63) is 27.1 Å². The van der Waals surface area contributed by atoms with Crippen molar-refractivity contribution in [1.82, 2.24) is 4.57 Å². The van der Waals surface area contributed by atoms with Crippen LogP contribution in [-0.2, 0) is 16.6 Å². The SMILES string of the molecule is Cn1cc(NC(=O)[C@@H]2C[C@H]3CC[C@H]2O3)cc(Br)c1=O. The molecule has 0 spiro atoms. The second kappa shape index (κ2) is 4.76. The maximum absolute atomic E-state index is 12.2. The third kappa shape index (κ3) is 2.34. The maximum atomic E-state index is 12.2. The number of fused-ring (bicyclic) bond motifs is 2. The monoisotopic (exact) mass is 326 g/mol. The van der Waals surface area contributed by atoms with E-state index in [1.807, 2.05) is 0 Å². The zero-order valence-corrected chi connectivity index (χ0v) is 12.1. The number of nitrogens with zero attached hydrogens (tertiary/aromatic N) is 1. The summed E-state index contributed by atoms with van der Waals surface area (Å²) in [7, 11) is 1.66. The van der Waals surface area contributed by atoms with Crippen LogP contribution in [0.3, 0.4) is 0 Å². The number of halogens is 1. The lowest BCUT2D eigenvalue weighted by Crippen LogP contribution is -2.31. The van der Waals surface area contributed by atoms with Gasteiger partial charge in [0.25, 0.3) is 5.56 Å². The van der Waals surface area contributed by atoms with Crippen LogP contribution in [0.15, 0.2) is 21.5 Å². The van der Waals surface area contributed by atoms with E-state index in [9.17, 15) is 9.59 Å². The lowest BCUT2D eigenvalue weighted by atomic mass is 9.88. The highest BCUT2D eigenvalue weighted by Crippen LogP contribution is 2.39. The highest BCUT2D eigenvalue weighted by molar-refractivity contribution is 9.10. The summed E-state index contributed by atoms with van der Waals surface area (Å²) in [6.45, 7) is 0. The van der Waals surface area contributed by atoms with Gasteiger partial charge < -0.3 is 14.6 Å². The zero-order valence-electron chi connectivity index (χ0n) is 10.6. The van der Waals surface area contributed by atoms with Gasteiger partial charge >= 0.3 is 0 Å². The molecule has 0 aliphatic carbocycles. The van der Waals surface area contributed by atoms with Crippen LogP contribution in [0.4, 0.5) is 5.69 Å². The molecule has 19 heavy (non-hydrogen) atoms. The minimum Gasteiger partial charge on any atom is -0.374 e. The minimum absolute atomic E-state index is 0.0160. The number of anilines is 1. The summed E-state index contributed by atoms with van der Waals surface area (Å²) < 4.78 is 7.57. The molecule has 3 atom stereocenters. The lowest BCUT2D eigenvalue weighted by molar-refractivity contribution is -0.121. The van der Waals surface area contributed by atoms with Crippen LogP contribution in [0.25, 0.3) is 0 Å². The van der Waals surface area contributed by atoms with E-state index in [1.165, 1.54) is 4.57 Å². The summed E-state index contributed by atoms with van der Waals surface area (Å²) in [6.07, 6.45) is 4.80. The van der Waals surface area contributed by atoms with Crippen LogP contribution in [-0.4, -0.2) is 22.7 Å². The van der Waals surface area contributed by atoms with Gasteiger partial charge in [-0.05, 0) is 41.3 Å². The number of ether oxygens (including phenoxy) is 1. The molecular formula is C13H15BrN2O3. The van der Waals surface area contributed by atoms with E-state index < -0.39 is 0 Å². The Hall–Kier alpha value is -1.14. The van der Waals surface area contributed by atoms with Crippen molar-refractivity contribution < 1.29 is 9.53 Å². The standard InChI is InChI=1S/C13H15BrN2O3/c1-16-6-7(4-10(14)13(16)18)15-12(17)9-5-8-2-3-11(9)19-8/h4,6,8-9,11H,2-3,5H2,1H3,(H,15,17)/t8-,9-,11-/m1/s1. The summed E-state index contributed by atoms with van der Waals surface area (Å²) >= 11 is 3.19. The van der Waals surface area contributed by atoms with E-state index in [2.05, 4.69) is 21.2 Å². The molecule has 2 saturated heterocycles. The Morgan fingerprint density at radius 1 is 1.53 bits per heavy atom. The number of nitrogens with one attached hydrogen (secondary N) is 1. The van der Waals surface area contributed by atoms with Crippen molar-refractivity contribution in [3.8, 4) is 0 Å². The molecule has 0 saturated carbocycles. The van der Waals surface area contributed by atoms with Gasteiger partial charge in [0, 0.05) is 13.2 Å². The Balaban J connectivity index is 1.75. The van der Waals surface area contributed by atoms with Gasteiger partial charge in [0.05, 0.1) is 28.3 Å². The van der Waals surface area contributed by atoms with Crippen LogP contribution in [0, 0.1) is 5.92 Å². The Morgan fingerprint density at radius 2 is 2.32 bits per heavy atom. The topological polar surface area (TPSA) is 60.3 Å². The number of pyridine rings is 1. The summed E-state index contributed by atoms with van der Waals surface area (Å²) in [6, 6.07) is 1.63. The predicted molar refractivity (Wildman–Crippen MR) is 74.0 cm³/mol. The second-order valence-corrected chi connectivity index (χ2v) is 6.05. The van der Waals surface area contributed by atoms with Gasteiger partial charge in [-0.15, -0.1) is 0 Å². The van der Waals surface area contributed by atoms with Gasteiger partial charge in [-0.2, -0.15) is 0 Å². The van der Waals surface area contributed by atoms with Gasteiger partial charge in [-0.25, -0.2) is 0 Å². The molecule has 1 aromatic rings. The molecule has 2 aliphatic heterocycles. The molecule has 3 heterocycles. The van der Waals surface area contributed by atoms with E-state index >= 15 is 0 Å². The largest absolute Gasteiger partial charge is 0.374 e. The molecule has 2 bridgehead atoms. The summed E-state index contributed by atoms with van der Waals surface area (Å²) in [5.41, 5.74) is 0.503. The smallest absolute Gasteiger partial charge is 0.264 e. The normalized spacial score (nSPS) is 28.6. The third-order valence-corrected chi connectivity index (χ3v) is 4.42. The highest BCUT2D eigenvalue weighted by atomic mass is 79.9. The molecule has 1 N–H and O–H groups in total. The van der Waals surface area contributed by atoms with Crippen molar-refractivity contribution in [2.45, 2.75) is 31.5 Å². The van der Waals surface area contributed by atoms with E-state index in [0.29, 0.717) is 10.2 Å². The van der Waals surface area contributed by atoms with Gasteiger partial charge in [-0.1, -0.05) is 0 Å². The zero-order chi connectivity index (χ0) is 13.6. The van der Waals surface area contributed by atoms with Crippen LogP contribution in [0.5, 0.6) is 0 Å². The average molecular weight is 327 g/mol. The first-order chi connectivity index (χ1) is 9.04. The van der Waals surface area contributed by atoms with E-state index in [0.717, 1.165) is 19.3 Å². The van der Waals surface area contributed by atoms with E-state index in [1.54, 1.807) is 19.3 Å². The first-order valence-electron chi connectivity index (χ1n) is 6.37. The molecule has 0 unspecified atom stereocenters. The molecule has 6 heteroatoms. The van der Waals surface area contributed by atoms with Gasteiger partial charge in [0.15, 0.2) is 0 Å². The van der Waals surface area contributed by atoms with Crippen molar-refractivity contribution in [1.29, 1.82) is 0 Å². The van der Waals surface area contributed by atoms with E-state index in [4.69, 9.17) is 4.74 Å². The fourth-order valence-corrected chi connectivity index (χ4v) is 3.41. The van der Waals surface area contributed by atoms with Crippen LogP contribution < -0.4 is 10.9 Å². The van der Waals surface area contributed by atoms with Gasteiger partial charge in [0.2, 0.25) is 5.91 Å². The second-order valence-electron chi connectivity index (χ2n) is 5.20. The van der Waals surface area contributed by atoms with Gasteiger partial charge in [-0.3, -0.25) is 9.59 Å². The first-order valence-corrected chi connectivity index (χ1v) is 7.16. The molecular weight excluding hydrogens is 312 g/mol. The molecule has 5 nitrogen and oxygen atoms in total. The molecule has 0 aromatic carbocycles. The Bertz CT molecular complexity index is 557. The lowest BCUT2D eigenvalue weighted by Gasteiger charge is -2.18.